The molecular weight excluding hydrogens is 312 g/mol. The number of hydrogen-bond acceptors (Lipinski definition) is 4. The molecule has 1 aliphatic carbocycles. The maximum Gasteiger partial charge on any atom is 0.325 e. The zero-order valence-corrected chi connectivity index (χ0v) is 14.3. The second kappa shape index (κ2) is 7.63. The molecule has 8 heteroatoms. The number of carbonyl (C=O) groups excluding carboxylic acids is 4. The normalized spacial score (nSPS) is 26.4. The monoisotopic (exact) mass is 338 g/mol. The van der Waals surface area contributed by atoms with Gasteiger partial charge in [0.2, 0.25) is 11.8 Å². The molecule has 1 spiro atoms. The zero-order valence-electron chi connectivity index (χ0n) is 14.3. The highest BCUT2D eigenvalue weighted by Gasteiger charge is 2.55. The van der Waals surface area contributed by atoms with Crippen molar-refractivity contribution in [1.82, 2.24) is 20.9 Å². The Kier molecular flexibility index (Phi) is 5.80. The van der Waals surface area contributed by atoms with Crippen molar-refractivity contribution in [2.75, 3.05) is 19.6 Å². The Labute approximate surface area is 141 Å². The molecule has 2 atom stereocenters. The molecule has 24 heavy (non-hydrogen) atoms. The summed E-state index contributed by atoms with van der Waals surface area (Å²) in [6.07, 6.45) is 4.22. The minimum atomic E-state index is -0.867. The molecule has 0 radical (unpaired) electrons. The fourth-order valence-corrected chi connectivity index (χ4v) is 3.34. The lowest BCUT2D eigenvalue weighted by Crippen LogP contribution is -2.54. The zero-order chi connectivity index (χ0) is 17.7. The van der Waals surface area contributed by atoms with Crippen LogP contribution in [0.25, 0.3) is 0 Å². The van der Waals surface area contributed by atoms with Crippen molar-refractivity contribution in [3.63, 3.8) is 0 Å². The summed E-state index contributed by atoms with van der Waals surface area (Å²) >= 11 is 0. The summed E-state index contributed by atoms with van der Waals surface area (Å²) in [7, 11) is 0. The predicted octanol–water partition coefficient (Wildman–Crippen LogP) is 0.130. The van der Waals surface area contributed by atoms with Crippen molar-refractivity contribution in [2.24, 2.45) is 5.92 Å². The van der Waals surface area contributed by atoms with Gasteiger partial charge in [0.25, 0.3) is 5.91 Å². The number of urea groups is 1. The summed E-state index contributed by atoms with van der Waals surface area (Å²) in [5.74, 6) is -1.09. The van der Waals surface area contributed by atoms with Crippen LogP contribution in [-0.4, -0.2) is 53.8 Å². The first-order valence-electron chi connectivity index (χ1n) is 8.58. The third-order valence-electron chi connectivity index (χ3n) is 4.82. The number of hydrogen-bond donors (Lipinski definition) is 3. The van der Waals surface area contributed by atoms with E-state index in [1.807, 2.05) is 13.8 Å². The summed E-state index contributed by atoms with van der Waals surface area (Å²) in [6, 6.07) is -0.528. The highest BCUT2D eigenvalue weighted by atomic mass is 16.2. The highest BCUT2D eigenvalue weighted by Crippen LogP contribution is 2.37. The van der Waals surface area contributed by atoms with Crippen LogP contribution in [0.3, 0.4) is 0 Å². The van der Waals surface area contributed by atoms with Gasteiger partial charge in [-0.25, -0.2) is 4.79 Å². The van der Waals surface area contributed by atoms with E-state index in [2.05, 4.69) is 16.0 Å². The van der Waals surface area contributed by atoms with E-state index >= 15 is 0 Å². The van der Waals surface area contributed by atoms with Crippen molar-refractivity contribution in [3.8, 4) is 0 Å². The average molecular weight is 338 g/mol. The van der Waals surface area contributed by atoms with Gasteiger partial charge >= 0.3 is 6.03 Å². The Morgan fingerprint density at radius 2 is 2.00 bits per heavy atom. The van der Waals surface area contributed by atoms with E-state index < -0.39 is 17.5 Å². The minimum Gasteiger partial charge on any atom is -0.355 e. The maximum absolute atomic E-state index is 12.7. The van der Waals surface area contributed by atoms with E-state index in [1.54, 1.807) is 0 Å². The number of carbonyl (C=O) groups is 4. The fraction of sp³-hybridized carbons (Fsp3) is 0.750. The summed E-state index contributed by atoms with van der Waals surface area (Å²) in [5.41, 5.74) is -0.867. The first kappa shape index (κ1) is 18.2. The second-order valence-corrected chi connectivity index (χ2v) is 6.57. The van der Waals surface area contributed by atoms with E-state index in [0.29, 0.717) is 13.0 Å². The molecule has 0 aromatic carbocycles. The Bertz CT molecular complexity index is 536. The molecule has 0 aromatic heterocycles. The van der Waals surface area contributed by atoms with Crippen LogP contribution in [0.2, 0.25) is 0 Å². The van der Waals surface area contributed by atoms with Gasteiger partial charge in [-0.15, -0.1) is 0 Å². The minimum absolute atomic E-state index is 0.0515. The molecule has 1 aliphatic heterocycles. The van der Waals surface area contributed by atoms with Crippen LogP contribution >= 0.6 is 0 Å². The van der Waals surface area contributed by atoms with E-state index in [-0.39, 0.29) is 30.8 Å². The molecule has 2 fully saturated rings. The first-order chi connectivity index (χ1) is 11.4. The molecule has 1 saturated heterocycles. The molecular formula is C16H26N4O4. The summed E-state index contributed by atoms with van der Waals surface area (Å²) in [5, 5.41) is 7.87. The van der Waals surface area contributed by atoms with E-state index in [1.165, 1.54) is 0 Å². The SMILES string of the molecule is CCCNC(=O)CNC(=O)CN1C(=O)N[C@@]2(CCCC[C@@H]2C)C1=O. The summed E-state index contributed by atoms with van der Waals surface area (Å²) in [6.45, 7) is 3.91. The molecule has 5 amide bonds. The van der Waals surface area contributed by atoms with Crippen LogP contribution in [0.5, 0.6) is 0 Å². The molecule has 3 N–H and O–H groups in total. The van der Waals surface area contributed by atoms with E-state index in [9.17, 15) is 19.2 Å². The number of nitrogens with zero attached hydrogens (tertiary/aromatic N) is 1. The smallest absolute Gasteiger partial charge is 0.325 e. The van der Waals surface area contributed by atoms with Crippen LogP contribution in [-0.2, 0) is 14.4 Å². The van der Waals surface area contributed by atoms with Gasteiger partial charge in [-0.3, -0.25) is 19.3 Å². The number of nitrogens with one attached hydrogen (secondary N) is 3. The highest BCUT2D eigenvalue weighted by molar-refractivity contribution is 6.09. The second-order valence-electron chi connectivity index (χ2n) is 6.57. The number of imide groups is 1. The van der Waals surface area contributed by atoms with Crippen LogP contribution < -0.4 is 16.0 Å². The quantitative estimate of drug-likeness (QED) is 0.598. The molecule has 1 saturated carbocycles. The maximum atomic E-state index is 12.7. The molecule has 2 aliphatic rings. The van der Waals surface area contributed by atoms with E-state index in [0.717, 1.165) is 30.6 Å². The molecule has 134 valence electrons. The number of rotatable bonds is 6. The van der Waals surface area contributed by atoms with Gasteiger partial charge in [-0.2, -0.15) is 0 Å². The lowest BCUT2D eigenvalue weighted by molar-refractivity contribution is -0.137. The molecule has 0 unspecified atom stereocenters. The Morgan fingerprint density at radius 1 is 1.25 bits per heavy atom. The van der Waals surface area contributed by atoms with Crippen LogP contribution in [0.1, 0.15) is 46.0 Å². The lowest BCUT2D eigenvalue weighted by Gasteiger charge is -2.36. The van der Waals surface area contributed by atoms with Gasteiger partial charge in [-0.05, 0) is 25.2 Å². The number of amides is 5. The van der Waals surface area contributed by atoms with Crippen molar-refractivity contribution in [1.29, 1.82) is 0 Å². The largest absolute Gasteiger partial charge is 0.355 e. The van der Waals surface area contributed by atoms with Crippen LogP contribution in [0.4, 0.5) is 4.79 Å². The summed E-state index contributed by atoms with van der Waals surface area (Å²) < 4.78 is 0. The van der Waals surface area contributed by atoms with Crippen molar-refractivity contribution >= 4 is 23.8 Å². The van der Waals surface area contributed by atoms with Gasteiger partial charge in [0.1, 0.15) is 12.1 Å². The van der Waals surface area contributed by atoms with Gasteiger partial charge in [0.15, 0.2) is 0 Å². The third-order valence-corrected chi connectivity index (χ3v) is 4.82. The van der Waals surface area contributed by atoms with Gasteiger partial charge < -0.3 is 16.0 Å². The fourth-order valence-electron chi connectivity index (χ4n) is 3.34. The van der Waals surface area contributed by atoms with Gasteiger partial charge in [0.05, 0.1) is 6.54 Å². The van der Waals surface area contributed by atoms with Crippen molar-refractivity contribution < 1.29 is 19.2 Å². The topological polar surface area (TPSA) is 108 Å². The summed E-state index contributed by atoms with van der Waals surface area (Å²) in [4.78, 5) is 49.2. The molecule has 8 nitrogen and oxygen atoms in total. The van der Waals surface area contributed by atoms with Crippen molar-refractivity contribution in [3.05, 3.63) is 0 Å². The first-order valence-corrected chi connectivity index (χ1v) is 8.58. The molecule has 0 bridgehead atoms. The van der Waals surface area contributed by atoms with Gasteiger partial charge in [0, 0.05) is 6.54 Å². The van der Waals surface area contributed by atoms with Crippen molar-refractivity contribution in [2.45, 2.75) is 51.5 Å². The predicted molar refractivity (Wildman–Crippen MR) is 86.9 cm³/mol. The van der Waals surface area contributed by atoms with Crippen LogP contribution in [0.15, 0.2) is 0 Å². The standard InChI is InChI=1S/C16H26N4O4/c1-3-8-17-12(21)9-18-13(22)10-20-14(23)16(19-15(20)24)7-5-4-6-11(16)2/h11H,3-10H2,1-2H3,(H,17,21)(H,18,22)(H,19,24)/t11-,16+/m0/s1. The molecule has 2 rings (SSSR count). The Hall–Kier alpha value is -2.12. The molecule has 1 heterocycles. The average Bonchev–Trinajstić information content (AvgIpc) is 2.79. The van der Waals surface area contributed by atoms with E-state index in [4.69, 9.17) is 0 Å². The third kappa shape index (κ3) is 3.68. The van der Waals surface area contributed by atoms with Gasteiger partial charge in [-0.1, -0.05) is 26.7 Å². The lowest BCUT2D eigenvalue weighted by atomic mass is 9.73. The Balaban J connectivity index is 1.90. The van der Waals surface area contributed by atoms with Crippen LogP contribution in [0, 0.1) is 5.92 Å². The molecule has 0 aromatic rings. The Morgan fingerprint density at radius 3 is 2.67 bits per heavy atom.